The average Bonchev–Trinajstić information content (AvgIpc) is 2.28. The lowest BCUT2D eigenvalue weighted by Crippen LogP contribution is -2.29. The Balaban J connectivity index is 2.22. The van der Waals surface area contributed by atoms with E-state index in [4.69, 9.17) is 4.74 Å². The molecule has 0 heterocycles. The first-order chi connectivity index (χ1) is 7.72. The first-order valence-electron chi connectivity index (χ1n) is 6.11. The van der Waals surface area contributed by atoms with E-state index in [0.29, 0.717) is 18.8 Å². The SMILES string of the molecule is CCNC(C)CC(C)OCc1ccccc1. The van der Waals surface area contributed by atoms with E-state index in [1.54, 1.807) is 0 Å². The maximum absolute atomic E-state index is 5.81. The third kappa shape index (κ3) is 5.29. The highest BCUT2D eigenvalue weighted by molar-refractivity contribution is 5.13. The second-order valence-corrected chi connectivity index (χ2v) is 4.30. The largest absolute Gasteiger partial charge is 0.374 e. The molecule has 0 amide bonds. The zero-order valence-electron chi connectivity index (χ0n) is 10.6. The Hall–Kier alpha value is -0.860. The highest BCUT2D eigenvalue weighted by atomic mass is 16.5. The van der Waals surface area contributed by atoms with Gasteiger partial charge in [0, 0.05) is 6.04 Å². The summed E-state index contributed by atoms with van der Waals surface area (Å²) in [5.74, 6) is 0. The van der Waals surface area contributed by atoms with Gasteiger partial charge < -0.3 is 10.1 Å². The second-order valence-electron chi connectivity index (χ2n) is 4.30. The molecule has 0 aliphatic carbocycles. The average molecular weight is 221 g/mol. The summed E-state index contributed by atoms with van der Waals surface area (Å²) in [6.07, 6.45) is 1.36. The standard InChI is InChI=1S/C14H23NO/c1-4-15-12(2)10-13(3)16-11-14-8-6-5-7-9-14/h5-9,12-13,15H,4,10-11H2,1-3H3. The Morgan fingerprint density at radius 3 is 2.50 bits per heavy atom. The van der Waals surface area contributed by atoms with Gasteiger partial charge in [0.25, 0.3) is 0 Å². The van der Waals surface area contributed by atoms with Crippen molar-refractivity contribution in [3.8, 4) is 0 Å². The summed E-state index contributed by atoms with van der Waals surface area (Å²) in [6.45, 7) is 8.20. The predicted molar refractivity (Wildman–Crippen MR) is 68.4 cm³/mol. The smallest absolute Gasteiger partial charge is 0.0720 e. The molecule has 0 fully saturated rings. The number of nitrogens with one attached hydrogen (secondary N) is 1. The maximum atomic E-state index is 5.81. The molecule has 1 N–H and O–H groups in total. The van der Waals surface area contributed by atoms with E-state index in [-0.39, 0.29) is 0 Å². The molecule has 2 atom stereocenters. The molecule has 0 aliphatic rings. The topological polar surface area (TPSA) is 21.3 Å². The van der Waals surface area contributed by atoms with Gasteiger partial charge in [-0.05, 0) is 32.4 Å². The summed E-state index contributed by atoms with van der Waals surface area (Å²) < 4.78 is 5.81. The highest BCUT2D eigenvalue weighted by Crippen LogP contribution is 2.07. The van der Waals surface area contributed by atoms with Gasteiger partial charge >= 0.3 is 0 Å². The van der Waals surface area contributed by atoms with E-state index >= 15 is 0 Å². The molecule has 2 unspecified atom stereocenters. The summed E-state index contributed by atoms with van der Waals surface area (Å²) in [6, 6.07) is 10.8. The van der Waals surface area contributed by atoms with Gasteiger partial charge in [0.1, 0.15) is 0 Å². The number of benzene rings is 1. The van der Waals surface area contributed by atoms with E-state index in [9.17, 15) is 0 Å². The van der Waals surface area contributed by atoms with Gasteiger partial charge in [-0.15, -0.1) is 0 Å². The summed E-state index contributed by atoms with van der Waals surface area (Å²) in [5.41, 5.74) is 1.24. The third-order valence-corrected chi connectivity index (χ3v) is 2.62. The monoisotopic (exact) mass is 221 g/mol. The lowest BCUT2D eigenvalue weighted by atomic mass is 10.1. The van der Waals surface area contributed by atoms with Gasteiger partial charge in [-0.3, -0.25) is 0 Å². The summed E-state index contributed by atoms with van der Waals surface area (Å²) in [5, 5.41) is 3.39. The molecule has 2 nitrogen and oxygen atoms in total. The minimum atomic E-state index is 0.300. The molecule has 1 aromatic carbocycles. The number of ether oxygens (including phenoxy) is 1. The van der Waals surface area contributed by atoms with Crippen LogP contribution in [0.15, 0.2) is 30.3 Å². The fourth-order valence-electron chi connectivity index (χ4n) is 1.81. The Morgan fingerprint density at radius 2 is 1.88 bits per heavy atom. The number of hydrogen-bond donors (Lipinski definition) is 1. The Labute approximate surface area is 99.0 Å². The second kappa shape index (κ2) is 7.42. The summed E-state index contributed by atoms with van der Waals surface area (Å²) >= 11 is 0. The molecule has 0 spiro atoms. The zero-order valence-corrected chi connectivity index (χ0v) is 10.6. The Kier molecular flexibility index (Phi) is 6.12. The molecular weight excluding hydrogens is 198 g/mol. The first-order valence-corrected chi connectivity index (χ1v) is 6.11. The van der Waals surface area contributed by atoms with Crippen LogP contribution in [0.1, 0.15) is 32.8 Å². The molecule has 0 saturated carbocycles. The molecule has 0 aliphatic heterocycles. The van der Waals surface area contributed by atoms with Crippen molar-refractivity contribution in [2.45, 2.75) is 45.9 Å². The molecule has 16 heavy (non-hydrogen) atoms. The van der Waals surface area contributed by atoms with Crippen LogP contribution in [0.4, 0.5) is 0 Å². The van der Waals surface area contributed by atoms with Crippen LogP contribution in [-0.2, 0) is 11.3 Å². The van der Waals surface area contributed by atoms with Crippen molar-refractivity contribution < 1.29 is 4.74 Å². The predicted octanol–water partition coefficient (Wildman–Crippen LogP) is 2.98. The molecule has 1 rings (SSSR count). The minimum absolute atomic E-state index is 0.300. The van der Waals surface area contributed by atoms with Crippen LogP contribution in [0.25, 0.3) is 0 Å². The van der Waals surface area contributed by atoms with Gasteiger partial charge in [0.15, 0.2) is 0 Å². The zero-order chi connectivity index (χ0) is 11.8. The van der Waals surface area contributed by atoms with E-state index in [0.717, 1.165) is 13.0 Å². The van der Waals surface area contributed by atoms with Crippen molar-refractivity contribution in [3.63, 3.8) is 0 Å². The van der Waals surface area contributed by atoms with Crippen molar-refractivity contribution in [3.05, 3.63) is 35.9 Å². The van der Waals surface area contributed by atoms with Crippen LogP contribution in [0.3, 0.4) is 0 Å². The molecule has 1 aromatic rings. The van der Waals surface area contributed by atoms with Gasteiger partial charge in [0.05, 0.1) is 12.7 Å². The van der Waals surface area contributed by atoms with Crippen molar-refractivity contribution in [1.82, 2.24) is 5.32 Å². The minimum Gasteiger partial charge on any atom is -0.374 e. The highest BCUT2D eigenvalue weighted by Gasteiger charge is 2.07. The first kappa shape index (κ1) is 13.2. The lowest BCUT2D eigenvalue weighted by molar-refractivity contribution is 0.0420. The Bertz CT molecular complexity index is 273. The van der Waals surface area contributed by atoms with E-state index < -0.39 is 0 Å². The molecule has 2 heteroatoms. The lowest BCUT2D eigenvalue weighted by Gasteiger charge is -2.18. The van der Waals surface area contributed by atoms with E-state index in [1.807, 2.05) is 18.2 Å². The van der Waals surface area contributed by atoms with Crippen LogP contribution in [-0.4, -0.2) is 18.7 Å². The normalized spacial score (nSPS) is 14.7. The summed E-state index contributed by atoms with van der Waals surface area (Å²) in [4.78, 5) is 0. The van der Waals surface area contributed by atoms with Crippen LogP contribution in [0.2, 0.25) is 0 Å². The third-order valence-electron chi connectivity index (χ3n) is 2.62. The van der Waals surface area contributed by atoms with E-state index in [1.165, 1.54) is 5.56 Å². The maximum Gasteiger partial charge on any atom is 0.0720 e. The van der Waals surface area contributed by atoms with Crippen molar-refractivity contribution in [2.75, 3.05) is 6.54 Å². The van der Waals surface area contributed by atoms with Crippen LogP contribution in [0, 0.1) is 0 Å². The number of rotatable bonds is 7. The van der Waals surface area contributed by atoms with Gasteiger partial charge in [0.2, 0.25) is 0 Å². The van der Waals surface area contributed by atoms with Crippen LogP contribution < -0.4 is 5.32 Å². The molecule has 0 aromatic heterocycles. The fourth-order valence-corrected chi connectivity index (χ4v) is 1.81. The van der Waals surface area contributed by atoms with Crippen LogP contribution >= 0.6 is 0 Å². The molecule has 90 valence electrons. The quantitative estimate of drug-likeness (QED) is 0.764. The van der Waals surface area contributed by atoms with Gasteiger partial charge in [-0.25, -0.2) is 0 Å². The number of hydrogen-bond acceptors (Lipinski definition) is 2. The van der Waals surface area contributed by atoms with Crippen molar-refractivity contribution in [2.24, 2.45) is 0 Å². The van der Waals surface area contributed by atoms with E-state index in [2.05, 4.69) is 38.2 Å². The van der Waals surface area contributed by atoms with Crippen LogP contribution in [0.5, 0.6) is 0 Å². The Morgan fingerprint density at radius 1 is 1.19 bits per heavy atom. The fraction of sp³-hybridized carbons (Fsp3) is 0.571. The molecule has 0 saturated heterocycles. The molecule has 0 radical (unpaired) electrons. The van der Waals surface area contributed by atoms with Gasteiger partial charge in [-0.2, -0.15) is 0 Å². The molecular formula is C14H23NO. The van der Waals surface area contributed by atoms with Gasteiger partial charge in [-0.1, -0.05) is 37.3 Å². The van der Waals surface area contributed by atoms with Crippen molar-refractivity contribution >= 4 is 0 Å². The summed E-state index contributed by atoms with van der Waals surface area (Å²) in [7, 11) is 0. The molecule has 0 bridgehead atoms. The van der Waals surface area contributed by atoms with Crippen molar-refractivity contribution in [1.29, 1.82) is 0 Å².